The smallest absolute Gasteiger partial charge is 0.225 e. The van der Waals surface area contributed by atoms with Crippen LogP contribution in [0.5, 0.6) is 0 Å². The van der Waals surface area contributed by atoms with Crippen LogP contribution in [0.25, 0.3) is 0 Å². The Morgan fingerprint density at radius 1 is 1.17 bits per heavy atom. The highest BCUT2D eigenvalue weighted by molar-refractivity contribution is 5.89. The van der Waals surface area contributed by atoms with Crippen molar-refractivity contribution in [2.75, 3.05) is 23.3 Å². The molecular weight excluding hydrogens is 228 g/mol. The summed E-state index contributed by atoms with van der Waals surface area (Å²) >= 11 is 0. The Balaban J connectivity index is 2.70. The van der Waals surface area contributed by atoms with Crippen LogP contribution in [-0.4, -0.2) is 29.2 Å². The van der Waals surface area contributed by atoms with E-state index in [4.69, 9.17) is 0 Å². The first-order valence-electron chi connectivity index (χ1n) is 6.59. The molecule has 0 aromatic carbocycles. The third-order valence-corrected chi connectivity index (χ3v) is 2.55. The molecule has 1 aromatic heterocycles. The normalized spacial score (nSPS) is 10.2. The van der Waals surface area contributed by atoms with Crippen LogP contribution in [0.3, 0.4) is 0 Å². The van der Waals surface area contributed by atoms with Gasteiger partial charge in [-0.2, -0.15) is 0 Å². The average molecular weight is 250 g/mol. The Hall–Kier alpha value is -1.65. The molecule has 0 aliphatic rings. The van der Waals surface area contributed by atoms with E-state index in [1.807, 2.05) is 6.07 Å². The fraction of sp³-hybridized carbons (Fsp3) is 0.615. The van der Waals surface area contributed by atoms with Gasteiger partial charge in [-0.05, 0) is 25.0 Å². The minimum atomic E-state index is -0.0453. The van der Waals surface area contributed by atoms with Crippen molar-refractivity contribution in [3.05, 3.63) is 12.1 Å². The monoisotopic (exact) mass is 250 g/mol. The van der Waals surface area contributed by atoms with Crippen molar-refractivity contribution in [3.8, 4) is 0 Å². The summed E-state index contributed by atoms with van der Waals surface area (Å²) in [5.74, 6) is 1.34. The number of anilines is 2. The van der Waals surface area contributed by atoms with E-state index in [0.29, 0.717) is 12.2 Å². The van der Waals surface area contributed by atoms with Crippen molar-refractivity contribution < 1.29 is 4.79 Å². The Kier molecular flexibility index (Phi) is 6.11. The fourth-order valence-electron chi connectivity index (χ4n) is 1.67. The van der Waals surface area contributed by atoms with Crippen LogP contribution in [-0.2, 0) is 4.79 Å². The maximum absolute atomic E-state index is 11.2. The molecule has 0 aliphatic heterocycles. The summed E-state index contributed by atoms with van der Waals surface area (Å²) in [7, 11) is 0. The number of nitrogens with one attached hydrogen (secondary N) is 1. The van der Waals surface area contributed by atoms with E-state index in [2.05, 4.69) is 34.3 Å². The van der Waals surface area contributed by atoms with Crippen LogP contribution >= 0.6 is 0 Å². The molecule has 0 aliphatic carbocycles. The highest BCUT2D eigenvalue weighted by atomic mass is 16.1. The van der Waals surface area contributed by atoms with Gasteiger partial charge in [-0.25, -0.2) is 0 Å². The van der Waals surface area contributed by atoms with E-state index in [0.717, 1.165) is 31.7 Å². The summed E-state index contributed by atoms with van der Waals surface area (Å²) in [5.41, 5.74) is 0. The number of amides is 1. The van der Waals surface area contributed by atoms with Crippen molar-refractivity contribution in [1.82, 2.24) is 10.2 Å². The van der Waals surface area contributed by atoms with E-state index in [-0.39, 0.29) is 5.91 Å². The first kappa shape index (κ1) is 14.4. The van der Waals surface area contributed by atoms with Gasteiger partial charge in [0.1, 0.15) is 0 Å². The van der Waals surface area contributed by atoms with E-state index in [9.17, 15) is 4.79 Å². The molecule has 0 saturated carbocycles. The molecule has 5 nitrogen and oxygen atoms in total. The minimum Gasteiger partial charge on any atom is -0.355 e. The molecule has 1 aromatic rings. The molecule has 0 spiro atoms. The van der Waals surface area contributed by atoms with Gasteiger partial charge in [0.05, 0.1) is 0 Å². The lowest BCUT2D eigenvalue weighted by Gasteiger charge is -2.21. The third-order valence-electron chi connectivity index (χ3n) is 2.55. The highest BCUT2D eigenvalue weighted by Crippen LogP contribution is 2.12. The largest absolute Gasteiger partial charge is 0.355 e. The number of rotatable bonds is 7. The molecule has 0 unspecified atom stereocenters. The second kappa shape index (κ2) is 7.63. The summed E-state index contributed by atoms with van der Waals surface area (Å²) in [6.07, 6.45) is 2.60. The predicted octanol–water partition coefficient (Wildman–Crippen LogP) is 2.45. The number of aromatic nitrogens is 2. The van der Waals surface area contributed by atoms with E-state index in [1.165, 1.54) is 0 Å². The van der Waals surface area contributed by atoms with Crippen LogP contribution in [0.15, 0.2) is 12.1 Å². The summed E-state index contributed by atoms with van der Waals surface area (Å²) in [6.45, 7) is 8.05. The fourth-order valence-corrected chi connectivity index (χ4v) is 1.67. The number of nitrogens with zero attached hydrogens (tertiary/aromatic N) is 3. The summed E-state index contributed by atoms with van der Waals surface area (Å²) in [4.78, 5) is 13.4. The predicted molar refractivity (Wildman–Crippen MR) is 73.7 cm³/mol. The zero-order valence-corrected chi connectivity index (χ0v) is 11.4. The van der Waals surface area contributed by atoms with Gasteiger partial charge >= 0.3 is 0 Å². The molecule has 18 heavy (non-hydrogen) atoms. The Bertz CT molecular complexity index is 358. The lowest BCUT2D eigenvalue weighted by atomic mass is 10.3. The van der Waals surface area contributed by atoms with Crippen LogP contribution in [0.4, 0.5) is 11.6 Å². The topological polar surface area (TPSA) is 58.1 Å². The molecule has 1 N–H and O–H groups in total. The van der Waals surface area contributed by atoms with Crippen molar-refractivity contribution in [1.29, 1.82) is 0 Å². The van der Waals surface area contributed by atoms with Gasteiger partial charge in [-0.15, -0.1) is 10.2 Å². The summed E-state index contributed by atoms with van der Waals surface area (Å²) in [5, 5.41) is 10.9. The molecule has 5 heteroatoms. The van der Waals surface area contributed by atoms with E-state index >= 15 is 0 Å². The second-order valence-corrected chi connectivity index (χ2v) is 4.17. The zero-order valence-electron chi connectivity index (χ0n) is 11.4. The molecular formula is C13H22N4O. The first-order valence-corrected chi connectivity index (χ1v) is 6.59. The van der Waals surface area contributed by atoms with Gasteiger partial charge in [-0.1, -0.05) is 20.8 Å². The summed E-state index contributed by atoms with van der Waals surface area (Å²) < 4.78 is 0. The Morgan fingerprint density at radius 2 is 1.83 bits per heavy atom. The van der Waals surface area contributed by atoms with Crippen molar-refractivity contribution in [2.24, 2.45) is 0 Å². The van der Waals surface area contributed by atoms with Gasteiger partial charge in [0.15, 0.2) is 11.6 Å². The minimum absolute atomic E-state index is 0.0453. The third kappa shape index (κ3) is 4.31. The quantitative estimate of drug-likeness (QED) is 0.807. The van der Waals surface area contributed by atoms with E-state index in [1.54, 1.807) is 13.0 Å². The molecule has 0 fully saturated rings. The number of hydrogen-bond donors (Lipinski definition) is 1. The van der Waals surface area contributed by atoms with Crippen molar-refractivity contribution in [2.45, 2.75) is 40.0 Å². The molecule has 0 bridgehead atoms. The second-order valence-electron chi connectivity index (χ2n) is 4.17. The van der Waals surface area contributed by atoms with Crippen molar-refractivity contribution in [3.63, 3.8) is 0 Å². The van der Waals surface area contributed by atoms with Crippen LogP contribution < -0.4 is 10.2 Å². The average Bonchev–Trinajstić information content (AvgIpc) is 2.39. The number of carbonyl (C=O) groups excluding carboxylic acids is 1. The maximum Gasteiger partial charge on any atom is 0.225 e. The molecule has 1 rings (SSSR count). The van der Waals surface area contributed by atoms with Gasteiger partial charge in [0.2, 0.25) is 5.91 Å². The van der Waals surface area contributed by atoms with Gasteiger partial charge in [0.25, 0.3) is 0 Å². The first-order chi connectivity index (χ1) is 8.71. The van der Waals surface area contributed by atoms with Gasteiger partial charge in [-0.3, -0.25) is 4.79 Å². The van der Waals surface area contributed by atoms with Gasteiger partial charge in [0, 0.05) is 19.5 Å². The van der Waals surface area contributed by atoms with E-state index < -0.39 is 0 Å². The lowest BCUT2D eigenvalue weighted by Crippen LogP contribution is -2.26. The molecule has 100 valence electrons. The molecule has 1 amide bonds. The molecule has 0 atom stereocenters. The van der Waals surface area contributed by atoms with Crippen LogP contribution in [0.1, 0.15) is 40.0 Å². The summed E-state index contributed by atoms with van der Waals surface area (Å²) in [6, 6.07) is 3.71. The van der Waals surface area contributed by atoms with Crippen molar-refractivity contribution >= 4 is 17.5 Å². The molecule has 1 heterocycles. The van der Waals surface area contributed by atoms with Crippen LogP contribution in [0.2, 0.25) is 0 Å². The van der Waals surface area contributed by atoms with Crippen LogP contribution in [0, 0.1) is 0 Å². The maximum atomic E-state index is 11.2. The number of hydrogen-bond acceptors (Lipinski definition) is 4. The van der Waals surface area contributed by atoms with Gasteiger partial charge < -0.3 is 10.2 Å². The Labute approximate surface area is 109 Å². The standard InChI is InChI=1S/C13H22N4O/c1-4-9-17(10-5-2)12-8-7-11(15-16-12)14-13(18)6-3/h7-8H,4-6,9-10H2,1-3H3,(H,14,15,18). The molecule has 0 saturated heterocycles. The molecule has 0 radical (unpaired) electrons. The zero-order chi connectivity index (χ0) is 13.4. The number of carbonyl (C=O) groups is 1. The Morgan fingerprint density at radius 3 is 2.28 bits per heavy atom. The lowest BCUT2D eigenvalue weighted by molar-refractivity contribution is -0.115. The SMILES string of the molecule is CCCN(CCC)c1ccc(NC(=O)CC)nn1. The highest BCUT2D eigenvalue weighted by Gasteiger charge is 2.07.